The molecule has 0 saturated carbocycles. The van der Waals surface area contributed by atoms with E-state index in [9.17, 15) is 29.7 Å². The highest BCUT2D eigenvalue weighted by atomic mass is 16.5. The molecule has 0 radical (unpaired) electrons. The molecule has 48 heavy (non-hydrogen) atoms. The van der Waals surface area contributed by atoms with Crippen molar-refractivity contribution in [2.45, 2.75) is 31.6 Å². The van der Waals surface area contributed by atoms with Crippen molar-refractivity contribution < 1.29 is 34.4 Å². The molecule has 0 bridgehead atoms. The molecule has 4 aromatic carbocycles. The summed E-state index contributed by atoms with van der Waals surface area (Å²) in [5, 5.41) is 36.4. The fraction of sp³-hybridized carbons (Fsp3) is 0.216. The minimum Gasteiger partial charge on any atom is -0.506 e. The third-order valence-corrected chi connectivity index (χ3v) is 7.77. The van der Waals surface area contributed by atoms with Crippen molar-refractivity contribution in [3.63, 3.8) is 0 Å². The van der Waals surface area contributed by atoms with Gasteiger partial charge in [0.1, 0.15) is 18.1 Å². The molecule has 1 aromatic heterocycles. The van der Waals surface area contributed by atoms with E-state index < -0.39 is 24.2 Å². The summed E-state index contributed by atoms with van der Waals surface area (Å²) in [6.07, 6.45) is -0.612. The summed E-state index contributed by atoms with van der Waals surface area (Å²) in [7, 11) is 0. The number of pyridine rings is 1. The lowest BCUT2D eigenvalue weighted by atomic mass is 9.98. The smallest absolute Gasteiger partial charge is 0.405 e. The Morgan fingerprint density at radius 2 is 1.62 bits per heavy atom. The van der Waals surface area contributed by atoms with Crippen molar-refractivity contribution in [3.05, 3.63) is 141 Å². The van der Waals surface area contributed by atoms with Gasteiger partial charge in [0.2, 0.25) is 5.56 Å². The molecular weight excluding hydrogens is 614 g/mol. The van der Waals surface area contributed by atoms with Gasteiger partial charge in [-0.15, -0.1) is 0 Å². The molecule has 1 heterocycles. The molecule has 0 aliphatic rings. The zero-order valence-electron chi connectivity index (χ0n) is 26.1. The topological polar surface area (TPSA) is 170 Å². The van der Waals surface area contributed by atoms with E-state index in [4.69, 9.17) is 9.47 Å². The van der Waals surface area contributed by atoms with Gasteiger partial charge >= 0.3 is 12.1 Å². The van der Waals surface area contributed by atoms with Gasteiger partial charge in [-0.2, -0.15) is 0 Å². The number of amides is 1. The summed E-state index contributed by atoms with van der Waals surface area (Å²) < 4.78 is 11.4. The number of carboxylic acid groups (broad SMARTS) is 1. The van der Waals surface area contributed by atoms with Crippen molar-refractivity contribution in [1.82, 2.24) is 15.6 Å². The normalized spacial score (nSPS) is 12.3. The van der Waals surface area contributed by atoms with Crippen LogP contribution in [0.25, 0.3) is 10.9 Å². The standard InChI is InChI=1S/C37H37N3O8/c41-31-17-15-29(30-16-18-33(43)39-35(30)31)32(42)22-38-19-4-5-20-47-36(44)26-13-11-24(12-14-26)23-48-28-10-6-9-27(21-28)34(40-37(45)46)25-7-2-1-3-8-25/h1-3,6-18,21,32,34,38,40-42H,4-5,19-20,22-23H2,(H,39,43)(H,45,46)/t32-,34?/m0/s1. The second kappa shape index (κ2) is 16.3. The number of aromatic amines is 1. The van der Waals surface area contributed by atoms with Gasteiger partial charge in [-0.1, -0.05) is 60.7 Å². The molecule has 11 nitrogen and oxygen atoms in total. The van der Waals surface area contributed by atoms with Crippen molar-refractivity contribution in [3.8, 4) is 11.5 Å². The average molecular weight is 652 g/mol. The largest absolute Gasteiger partial charge is 0.506 e. The lowest BCUT2D eigenvalue weighted by molar-refractivity contribution is 0.0498. The monoisotopic (exact) mass is 651 g/mol. The summed E-state index contributed by atoms with van der Waals surface area (Å²) in [5.41, 5.74) is 3.38. The Bertz CT molecular complexity index is 1890. The lowest BCUT2D eigenvalue weighted by Gasteiger charge is -2.19. The van der Waals surface area contributed by atoms with E-state index in [1.54, 1.807) is 48.5 Å². The molecule has 248 valence electrons. The van der Waals surface area contributed by atoms with Crippen LogP contribution in [0.2, 0.25) is 0 Å². The van der Waals surface area contributed by atoms with Crippen LogP contribution in [0.3, 0.4) is 0 Å². The molecule has 1 unspecified atom stereocenters. The Kier molecular flexibility index (Phi) is 11.4. The molecule has 2 atom stereocenters. The van der Waals surface area contributed by atoms with E-state index in [-0.39, 0.29) is 36.6 Å². The number of esters is 1. The third-order valence-electron chi connectivity index (χ3n) is 7.77. The van der Waals surface area contributed by atoms with E-state index in [0.717, 1.165) is 23.1 Å². The Morgan fingerprint density at radius 3 is 2.40 bits per heavy atom. The third kappa shape index (κ3) is 8.99. The maximum absolute atomic E-state index is 12.5. The lowest BCUT2D eigenvalue weighted by Crippen LogP contribution is -2.27. The number of carbonyl (C=O) groups excluding carboxylic acids is 1. The first kappa shape index (κ1) is 33.7. The molecular formula is C37H37N3O8. The number of fused-ring (bicyclic) bond motifs is 1. The minimum absolute atomic E-state index is 0.0594. The van der Waals surface area contributed by atoms with Gasteiger partial charge in [0.25, 0.3) is 0 Å². The predicted octanol–water partition coefficient (Wildman–Crippen LogP) is 5.43. The highest BCUT2D eigenvalue weighted by Gasteiger charge is 2.17. The van der Waals surface area contributed by atoms with Gasteiger partial charge in [-0.25, -0.2) is 9.59 Å². The number of rotatable bonds is 15. The fourth-order valence-corrected chi connectivity index (χ4v) is 5.31. The van der Waals surface area contributed by atoms with Gasteiger partial charge < -0.3 is 40.4 Å². The second-order valence-electron chi connectivity index (χ2n) is 11.2. The van der Waals surface area contributed by atoms with Crippen LogP contribution in [0.15, 0.2) is 108 Å². The molecule has 0 aliphatic carbocycles. The first-order valence-electron chi connectivity index (χ1n) is 15.6. The number of unbranched alkanes of at least 4 members (excludes halogenated alkanes) is 1. The molecule has 5 rings (SSSR count). The van der Waals surface area contributed by atoms with Crippen LogP contribution in [0.1, 0.15) is 57.6 Å². The number of hydrogen-bond donors (Lipinski definition) is 6. The summed E-state index contributed by atoms with van der Waals surface area (Å²) >= 11 is 0. The number of H-pyrrole nitrogens is 1. The summed E-state index contributed by atoms with van der Waals surface area (Å²) in [6, 6.07) is 29.0. The van der Waals surface area contributed by atoms with Crippen molar-refractivity contribution in [2.75, 3.05) is 19.7 Å². The number of nitrogens with one attached hydrogen (secondary N) is 3. The van der Waals surface area contributed by atoms with Crippen LogP contribution < -0.4 is 20.9 Å². The SMILES string of the molecule is O=C(O)NC(c1ccccc1)c1cccc(OCc2ccc(C(=O)OCCCCNC[C@H](O)c3ccc(O)c4[nH]c(=O)ccc34)cc2)c1. The Morgan fingerprint density at radius 1 is 0.854 bits per heavy atom. The van der Waals surface area contributed by atoms with E-state index >= 15 is 0 Å². The van der Waals surface area contributed by atoms with E-state index in [1.165, 1.54) is 12.1 Å². The number of phenolic OH excluding ortho intramolecular Hbond substituents is 1. The predicted molar refractivity (Wildman–Crippen MR) is 180 cm³/mol. The number of aliphatic hydroxyl groups is 1. The molecule has 6 N–H and O–H groups in total. The molecule has 5 aromatic rings. The Labute approximate surface area is 276 Å². The van der Waals surface area contributed by atoms with Gasteiger partial charge in [0.15, 0.2) is 0 Å². The van der Waals surface area contributed by atoms with Crippen LogP contribution in [0, 0.1) is 0 Å². The quantitative estimate of drug-likeness (QED) is 0.0638. The second-order valence-corrected chi connectivity index (χ2v) is 11.2. The highest BCUT2D eigenvalue weighted by Crippen LogP contribution is 2.29. The zero-order chi connectivity index (χ0) is 33.9. The van der Waals surface area contributed by atoms with Crippen LogP contribution in [0.4, 0.5) is 4.79 Å². The van der Waals surface area contributed by atoms with Crippen LogP contribution >= 0.6 is 0 Å². The first-order valence-corrected chi connectivity index (χ1v) is 15.6. The van der Waals surface area contributed by atoms with Gasteiger partial charge in [0, 0.05) is 18.0 Å². The number of benzene rings is 4. The molecule has 0 fully saturated rings. The zero-order valence-corrected chi connectivity index (χ0v) is 26.1. The Balaban J connectivity index is 1.03. The summed E-state index contributed by atoms with van der Waals surface area (Å²) in [5.74, 6) is 0.101. The van der Waals surface area contributed by atoms with Crippen LogP contribution in [-0.2, 0) is 11.3 Å². The number of aliphatic hydroxyl groups excluding tert-OH is 1. The highest BCUT2D eigenvalue weighted by molar-refractivity contribution is 5.89. The summed E-state index contributed by atoms with van der Waals surface area (Å²) in [4.78, 5) is 38.2. The number of carbonyl (C=O) groups is 2. The van der Waals surface area contributed by atoms with E-state index in [2.05, 4.69) is 15.6 Å². The maximum atomic E-state index is 12.5. The summed E-state index contributed by atoms with van der Waals surface area (Å²) in [6.45, 7) is 1.38. The average Bonchev–Trinajstić information content (AvgIpc) is 3.10. The van der Waals surface area contributed by atoms with Gasteiger partial charge in [-0.3, -0.25) is 4.79 Å². The molecule has 0 saturated heterocycles. The van der Waals surface area contributed by atoms with Crippen molar-refractivity contribution in [1.29, 1.82) is 0 Å². The first-order chi connectivity index (χ1) is 23.3. The molecule has 0 aliphatic heterocycles. The Hall–Kier alpha value is -5.65. The van der Waals surface area contributed by atoms with Crippen molar-refractivity contribution in [2.24, 2.45) is 0 Å². The van der Waals surface area contributed by atoms with E-state index in [1.807, 2.05) is 42.5 Å². The van der Waals surface area contributed by atoms with E-state index in [0.29, 0.717) is 35.2 Å². The minimum atomic E-state index is -1.12. The van der Waals surface area contributed by atoms with Crippen LogP contribution in [0.5, 0.6) is 11.5 Å². The van der Waals surface area contributed by atoms with Gasteiger partial charge in [0.05, 0.1) is 29.8 Å². The fourth-order valence-electron chi connectivity index (χ4n) is 5.31. The maximum Gasteiger partial charge on any atom is 0.405 e. The van der Waals surface area contributed by atoms with Crippen LogP contribution in [-0.4, -0.2) is 52.1 Å². The van der Waals surface area contributed by atoms with Crippen molar-refractivity contribution >= 4 is 23.0 Å². The van der Waals surface area contributed by atoms with Gasteiger partial charge in [-0.05, 0) is 78.0 Å². The molecule has 1 amide bonds. The molecule has 11 heteroatoms. The number of aromatic hydroxyl groups is 1. The number of aromatic nitrogens is 1. The number of hydrogen-bond acceptors (Lipinski definition) is 8. The number of ether oxygens (including phenoxy) is 2. The number of phenols is 1. The molecule has 0 spiro atoms.